The molecule has 15 heavy (non-hydrogen) atoms. The predicted molar refractivity (Wildman–Crippen MR) is 46.3 cm³/mol. The molecule has 0 saturated heterocycles. The lowest BCUT2D eigenvalue weighted by Crippen LogP contribution is -2.31. The van der Waals surface area contributed by atoms with Crippen molar-refractivity contribution < 1.29 is 23.0 Å². The van der Waals surface area contributed by atoms with E-state index >= 15 is 0 Å². The minimum Gasteiger partial charge on any atom is -0.465 e. The number of hydrogen-bond donors (Lipinski definition) is 1. The summed E-state index contributed by atoms with van der Waals surface area (Å²) in [5.41, 5.74) is 0.230. The minimum atomic E-state index is -4.44. The highest BCUT2D eigenvalue weighted by molar-refractivity contribution is 5.24. The molecule has 0 fully saturated rings. The summed E-state index contributed by atoms with van der Waals surface area (Å²) < 4.78 is 41.1. The fourth-order valence-corrected chi connectivity index (χ4v) is 0.885. The molecule has 1 unspecified atom stereocenters. The largest absolute Gasteiger partial charge is 0.465 e. The molecule has 0 bridgehead atoms. The highest BCUT2D eigenvalue weighted by Crippen LogP contribution is 2.25. The predicted octanol–water partition coefficient (Wildman–Crippen LogP) is 1.90. The van der Waals surface area contributed by atoms with Gasteiger partial charge in [-0.15, -0.1) is 0 Å². The van der Waals surface area contributed by atoms with E-state index in [9.17, 15) is 13.2 Å². The first-order chi connectivity index (χ1) is 6.95. The Bertz CT molecular complexity index is 327. The van der Waals surface area contributed by atoms with Crippen LogP contribution in [0.3, 0.4) is 0 Å². The lowest BCUT2D eigenvalue weighted by atomic mass is 10.3. The quantitative estimate of drug-likeness (QED) is 0.847. The SMILES string of the molecule is CC(Oc1ncccc1CO)C(F)(F)F. The van der Waals surface area contributed by atoms with Gasteiger partial charge in [-0.1, -0.05) is 0 Å². The maximum absolute atomic E-state index is 12.2. The number of nitrogens with zero attached hydrogens (tertiary/aromatic N) is 1. The molecular formula is C9H10F3NO2. The number of aromatic nitrogens is 1. The Morgan fingerprint density at radius 1 is 1.53 bits per heavy atom. The molecule has 1 rings (SSSR count). The molecule has 0 saturated carbocycles. The van der Waals surface area contributed by atoms with Crippen molar-refractivity contribution in [1.29, 1.82) is 0 Å². The first kappa shape index (κ1) is 11.8. The highest BCUT2D eigenvalue weighted by atomic mass is 19.4. The number of ether oxygens (including phenoxy) is 1. The molecule has 1 heterocycles. The van der Waals surface area contributed by atoms with Crippen molar-refractivity contribution in [3.05, 3.63) is 23.9 Å². The average molecular weight is 221 g/mol. The Hall–Kier alpha value is -1.30. The summed E-state index contributed by atoms with van der Waals surface area (Å²) in [7, 11) is 0. The Morgan fingerprint density at radius 3 is 2.73 bits per heavy atom. The second kappa shape index (κ2) is 4.48. The van der Waals surface area contributed by atoms with E-state index in [1.807, 2.05) is 0 Å². The Labute approximate surface area is 84.5 Å². The van der Waals surface area contributed by atoms with Crippen molar-refractivity contribution in [2.45, 2.75) is 25.8 Å². The van der Waals surface area contributed by atoms with Crippen LogP contribution < -0.4 is 4.74 Å². The van der Waals surface area contributed by atoms with Crippen LogP contribution in [0.25, 0.3) is 0 Å². The van der Waals surface area contributed by atoms with E-state index < -0.39 is 18.9 Å². The molecule has 0 spiro atoms. The number of rotatable bonds is 3. The van der Waals surface area contributed by atoms with Crippen LogP contribution >= 0.6 is 0 Å². The topological polar surface area (TPSA) is 42.4 Å². The Kier molecular flexibility index (Phi) is 3.52. The van der Waals surface area contributed by atoms with Crippen molar-refractivity contribution in [1.82, 2.24) is 4.98 Å². The maximum Gasteiger partial charge on any atom is 0.425 e. The average Bonchev–Trinajstić information content (AvgIpc) is 2.17. The third-order valence-corrected chi connectivity index (χ3v) is 1.77. The van der Waals surface area contributed by atoms with Crippen molar-refractivity contribution >= 4 is 0 Å². The zero-order valence-electron chi connectivity index (χ0n) is 7.95. The van der Waals surface area contributed by atoms with Gasteiger partial charge in [-0.25, -0.2) is 4.98 Å². The molecule has 0 aliphatic carbocycles. The van der Waals surface area contributed by atoms with Gasteiger partial charge in [0.2, 0.25) is 5.88 Å². The van der Waals surface area contributed by atoms with E-state index in [0.29, 0.717) is 0 Å². The minimum absolute atomic E-state index is 0.190. The zero-order valence-corrected chi connectivity index (χ0v) is 7.95. The molecule has 0 aromatic carbocycles. The van der Waals surface area contributed by atoms with Gasteiger partial charge in [-0.3, -0.25) is 0 Å². The van der Waals surface area contributed by atoms with Crippen LogP contribution in [-0.4, -0.2) is 22.4 Å². The molecule has 6 heteroatoms. The van der Waals surface area contributed by atoms with E-state index in [4.69, 9.17) is 5.11 Å². The number of halogens is 3. The fourth-order valence-electron chi connectivity index (χ4n) is 0.885. The molecule has 0 radical (unpaired) electrons. The molecule has 0 aliphatic rings. The van der Waals surface area contributed by atoms with Crippen LogP contribution in [0, 0.1) is 0 Å². The summed E-state index contributed by atoms with van der Waals surface area (Å²) >= 11 is 0. The highest BCUT2D eigenvalue weighted by Gasteiger charge is 2.38. The molecule has 0 amide bonds. The maximum atomic E-state index is 12.2. The van der Waals surface area contributed by atoms with E-state index in [2.05, 4.69) is 9.72 Å². The third kappa shape index (κ3) is 3.09. The van der Waals surface area contributed by atoms with E-state index in [0.717, 1.165) is 6.92 Å². The standard InChI is InChI=1S/C9H10F3NO2/c1-6(9(10,11)12)15-8-7(5-14)3-2-4-13-8/h2-4,6,14H,5H2,1H3. The molecule has 1 N–H and O–H groups in total. The van der Waals surface area contributed by atoms with E-state index in [-0.39, 0.29) is 11.4 Å². The van der Waals surface area contributed by atoms with Gasteiger partial charge in [0.25, 0.3) is 0 Å². The molecule has 1 atom stereocenters. The van der Waals surface area contributed by atoms with Crippen molar-refractivity contribution in [2.24, 2.45) is 0 Å². The summed E-state index contributed by atoms with van der Waals surface area (Å²) in [6, 6.07) is 2.96. The molecule has 84 valence electrons. The smallest absolute Gasteiger partial charge is 0.425 e. The lowest BCUT2D eigenvalue weighted by molar-refractivity contribution is -0.190. The van der Waals surface area contributed by atoms with Gasteiger partial charge in [0, 0.05) is 11.8 Å². The van der Waals surface area contributed by atoms with E-state index in [1.165, 1.54) is 18.3 Å². The van der Waals surface area contributed by atoms with Gasteiger partial charge in [0.1, 0.15) is 0 Å². The number of hydrogen-bond acceptors (Lipinski definition) is 3. The van der Waals surface area contributed by atoms with Crippen molar-refractivity contribution in [3.63, 3.8) is 0 Å². The van der Waals surface area contributed by atoms with Crippen LogP contribution in [0.1, 0.15) is 12.5 Å². The number of aliphatic hydroxyl groups is 1. The summed E-state index contributed by atoms with van der Waals surface area (Å²) in [5, 5.41) is 8.83. The summed E-state index contributed by atoms with van der Waals surface area (Å²) in [6.07, 6.45) is -5.08. The van der Waals surface area contributed by atoms with Gasteiger partial charge in [0.15, 0.2) is 6.10 Å². The third-order valence-electron chi connectivity index (χ3n) is 1.77. The Morgan fingerprint density at radius 2 is 2.20 bits per heavy atom. The second-order valence-corrected chi connectivity index (χ2v) is 2.93. The molecule has 3 nitrogen and oxygen atoms in total. The van der Waals surface area contributed by atoms with Gasteiger partial charge in [-0.05, 0) is 19.1 Å². The molecule has 0 aliphatic heterocycles. The van der Waals surface area contributed by atoms with Crippen molar-refractivity contribution in [3.8, 4) is 5.88 Å². The van der Waals surface area contributed by atoms with Gasteiger partial charge < -0.3 is 9.84 Å². The van der Waals surface area contributed by atoms with Gasteiger partial charge in [0.05, 0.1) is 6.61 Å². The van der Waals surface area contributed by atoms with Crippen LogP contribution in [0.15, 0.2) is 18.3 Å². The number of alkyl halides is 3. The van der Waals surface area contributed by atoms with Gasteiger partial charge in [-0.2, -0.15) is 13.2 Å². The lowest BCUT2D eigenvalue weighted by Gasteiger charge is -2.18. The van der Waals surface area contributed by atoms with Crippen LogP contribution in [-0.2, 0) is 6.61 Å². The van der Waals surface area contributed by atoms with Crippen LogP contribution in [0.5, 0.6) is 5.88 Å². The fraction of sp³-hybridized carbons (Fsp3) is 0.444. The van der Waals surface area contributed by atoms with Crippen molar-refractivity contribution in [2.75, 3.05) is 0 Å². The van der Waals surface area contributed by atoms with Gasteiger partial charge >= 0.3 is 6.18 Å². The van der Waals surface area contributed by atoms with Crippen LogP contribution in [0.2, 0.25) is 0 Å². The number of pyridine rings is 1. The summed E-state index contributed by atoms with van der Waals surface area (Å²) in [6.45, 7) is 0.476. The molecule has 1 aromatic rings. The summed E-state index contributed by atoms with van der Waals surface area (Å²) in [5.74, 6) is -0.190. The van der Waals surface area contributed by atoms with Crippen LogP contribution in [0.4, 0.5) is 13.2 Å². The first-order valence-electron chi connectivity index (χ1n) is 4.23. The molecule has 1 aromatic heterocycles. The summed E-state index contributed by atoms with van der Waals surface area (Å²) in [4.78, 5) is 3.62. The second-order valence-electron chi connectivity index (χ2n) is 2.93. The first-order valence-corrected chi connectivity index (χ1v) is 4.23. The number of aliphatic hydroxyl groups excluding tert-OH is 1. The monoisotopic (exact) mass is 221 g/mol. The Balaban J connectivity index is 2.80. The normalized spacial score (nSPS) is 13.7. The zero-order chi connectivity index (χ0) is 11.5. The molecular weight excluding hydrogens is 211 g/mol. The van der Waals surface area contributed by atoms with E-state index in [1.54, 1.807) is 0 Å².